The first kappa shape index (κ1) is 19.4. The van der Waals surface area contributed by atoms with Gasteiger partial charge in [-0.25, -0.2) is 0 Å². The summed E-state index contributed by atoms with van der Waals surface area (Å²) in [7, 11) is 0. The van der Waals surface area contributed by atoms with E-state index in [4.69, 9.17) is 0 Å². The second-order valence-corrected chi connectivity index (χ2v) is 8.03. The van der Waals surface area contributed by atoms with Gasteiger partial charge >= 0.3 is 0 Å². The number of nitrogens with zero attached hydrogens (tertiary/aromatic N) is 2. The lowest BCUT2D eigenvalue weighted by molar-refractivity contribution is 0.0498. The minimum atomic E-state index is 0.255. The van der Waals surface area contributed by atoms with Crippen LogP contribution in [0.15, 0.2) is 53.4 Å². The summed E-state index contributed by atoms with van der Waals surface area (Å²) in [4.78, 5) is 6.41. The second kappa shape index (κ2) is 9.56. The predicted octanol–water partition coefficient (Wildman–Crippen LogP) is 3.79. The number of thioether (sulfide) groups is 1. The first-order valence-corrected chi connectivity index (χ1v) is 10.7. The lowest BCUT2D eigenvalue weighted by Gasteiger charge is -2.41. The Balaban J connectivity index is 1.64. The Hall–Kier alpha value is -1.33. The zero-order valence-corrected chi connectivity index (χ0v) is 16.7. The SMILES string of the molecule is CSc1cccc(CN2CCN(Cc3ccccc3C)[C@H](CCO)C2)c1. The van der Waals surface area contributed by atoms with Crippen LogP contribution in [0.5, 0.6) is 0 Å². The molecule has 0 amide bonds. The van der Waals surface area contributed by atoms with Crippen molar-refractivity contribution in [2.45, 2.75) is 37.4 Å². The molecule has 0 bridgehead atoms. The van der Waals surface area contributed by atoms with Gasteiger partial charge in [0.15, 0.2) is 0 Å². The van der Waals surface area contributed by atoms with Gasteiger partial charge in [0, 0.05) is 50.3 Å². The normalized spacial score (nSPS) is 19.0. The minimum Gasteiger partial charge on any atom is -0.396 e. The summed E-state index contributed by atoms with van der Waals surface area (Å²) in [5.41, 5.74) is 4.13. The summed E-state index contributed by atoms with van der Waals surface area (Å²) < 4.78 is 0. The molecule has 3 nitrogen and oxygen atoms in total. The molecular weight excluding hydrogens is 340 g/mol. The van der Waals surface area contributed by atoms with Crippen LogP contribution in [0.2, 0.25) is 0 Å². The summed E-state index contributed by atoms with van der Waals surface area (Å²) in [6.45, 7) is 7.58. The van der Waals surface area contributed by atoms with E-state index < -0.39 is 0 Å². The largest absolute Gasteiger partial charge is 0.396 e. The lowest BCUT2D eigenvalue weighted by Crippen LogP contribution is -2.52. The van der Waals surface area contributed by atoms with Gasteiger partial charge in [-0.2, -0.15) is 0 Å². The third kappa shape index (κ3) is 5.10. The van der Waals surface area contributed by atoms with Crippen molar-refractivity contribution < 1.29 is 5.11 Å². The molecule has 1 heterocycles. The molecule has 0 aliphatic carbocycles. The van der Waals surface area contributed by atoms with Crippen molar-refractivity contribution >= 4 is 11.8 Å². The van der Waals surface area contributed by atoms with Crippen molar-refractivity contribution in [3.63, 3.8) is 0 Å². The van der Waals surface area contributed by atoms with Crippen molar-refractivity contribution in [1.82, 2.24) is 9.80 Å². The number of aliphatic hydroxyl groups excluding tert-OH is 1. The van der Waals surface area contributed by atoms with Gasteiger partial charge in [-0.05, 0) is 48.4 Å². The highest BCUT2D eigenvalue weighted by Crippen LogP contribution is 2.21. The van der Waals surface area contributed by atoms with E-state index in [0.717, 1.165) is 39.1 Å². The maximum Gasteiger partial charge on any atom is 0.0446 e. The zero-order valence-electron chi connectivity index (χ0n) is 15.9. The summed E-state index contributed by atoms with van der Waals surface area (Å²) in [5, 5.41) is 9.55. The standard InChI is InChI=1S/C22H30N2OS/c1-18-6-3-4-8-20(18)16-24-12-11-23(17-21(24)10-13-25)15-19-7-5-9-22(14-19)26-2/h3-9,14,21,25H,10-13,15-17H2,1-2H3/t21-/m1/s1. The van der Waals surface area contributed by atoms with Gasteiger partial charge in [0.25, 0.3) is 0 Å². The average Bonchev–Trinajstić information content (AvgIpc) is 2.66. The Kier molecular flexibility index (Phi) is 7.15. The third-order valence-electron chi connectivity index (χ3n) is 5.33. The molecule has 1 fully saturated rings. The van der Waals surface area contributed by atoms with Crippen molar-refractivity contribution in [3.05, 3.63) is 65.2 Å². The van der Waals surface area contributed by atoms with Gasteiger partial charge in [-0.1, -0.05) is 36.4 Å². The molecule has 0 spiro atoms. The topological polar surface area (TPSA) is 26.7 Å². The molecule has 0 unspecified atom stereocenters. The van der Waals surface area contributed by atoms with Gasteiger partial charge in [-0.15, -0.1) is 11.8 Å². The van der Waals surface area contributed by atoms with Crippen LogP contribution < -0.4 is 0 Å². The molecule has 140 valence electrons. The second-order valence-electron chi connectivity index (χ2n) is 7.15. The van der Waals surface area contributed by atoms with Crippen molar-refractivity contribution in [2.24, 2.45) is 0 Å². The van der Waals surface area contributed by atoms with E-state index in [1.807, 2.05) is 0 Å². The fourth-order valence-corrected chi connectivity index (χ4v) is 4.25. The molecule has 1 aliphatic rings. The Morgan fingerprint density at radius 1 is 1.08 bits per heavy atom. The van der Waals surface area contributed by atoms with Crippen LogP contribution in [0.1, 0.15) is 23.1 Å². The van der Waals surface area contributed by atoms with Crippen LogP contribution in [0.25, 0.3) is 0 Å². The van der Waals surface area contributed by atoms with Crippen molar-refractivity contribution in [1.29, 1.82) is 0 Å². The number of piperazine rings is 1. The van der Waals surface area contributed by atoms with Gasteiger partial charge < -0.3 is 5.11 Å². The van der Waals surface area contributed by atoms with E-state index in [-0.39, 0.29) is 6.61 Å². The summed E-state index contributed by atoms with van der Waals surface area (Å²) in [6, 6.07) is 17.9. The summed E-state index contributed by atoms with van der Waals surface area (Å²) in [6.07, 6.45) is 2.97. The third-order valence-corrected chi connectivity index (χ3v) is 6.05. The summed E-state index contributed by atoms with van der Waals surface area (Å²) in [5.74, 6) is 0. The Bertz CT molecular complexity index is 706. The molecule has 1 aliphatic heterocycles. The van der Waals surface area contributed by atoms with Crippen LogP contribution in [-0.2, 0) is 13.1 Å². The molecule has 0 radical (unpaired) electrons. The first-order valence-electron chi connectivity index (χ1n) is 9.44. The molecule has 0 saturated carbocycles. The van der Waals surface area contributed by atoms with Gasteiger partial charge in [0.2, 0.25) is 0 Å². The van der Waals surface area contributed by atoms with E-state index in [2.05, 4.69) is 71.5 Å². The molecule has 0 aromatic heterocycles. The number of aliphatic hydroxyl groups is 1. The first-order chi connectivity index (χ1) is 12.7. The molecule has 2 aromatic carbocycles. The molecule has 1 N–H and O–H groups in total. The monoisotopic (exact) mass is 370 g/mol. The molecular formula is C22H30N2OS. The van der Waals surface area contributed by atoms with Gasteiger partial charge in [-0.3, -0.25) is 9.80 Å². The number of hydrogen-bond acceptors (Lipinski definition) is 4. The molecule has 4 heteroatoms. The van der Waals surface area contributed by atoms with E-state index in [9.17, 15) is 5.11 Å². The fourth-order valence-electron chi connectivity index (χ4n) is 3.77. The number of rotatable bonds is 7. The number of hydrogen-bond donors (Lipinski definition) is 1. The maximum absolute atomic E-state index is 9.55. The molecule has 26 heavy (non-hydrogen) atoms. The van der Waals surface area contributed by atoms with E-state index in [1.54, 1.807) is 11.8 Å². The van der Waals surface area contributed by atoms with Crippen LogP contribution >= 0.6 is 11.8 Å². The zero-order chi connectivity index (χ0) is 18.4. The van der Waals surface area contributed by atoms with Crippen LogP contribution in [0.3, 0.4) is 0 Å². The van der Waals surface area contributed by atoms with Gasteiger partial charge in [0.1, 0.15) is 0 Å². The highest BCUT2D eigenvalue weighted by Gasteiger charge is 2.26. The van der Waals surface area contributed by atoms with E-state index in [1.165, 1.54) is 21.6 Å². The van der Waals surface area contributed by atoms with E-state index in [0.29, 0.717) is 6.04 Å². The summed E-state index contributed by atoms with van der Waals surface area (Å²) >= 11 is 1.80. The quantitative estimate of drug-likeness (QED) is 0.750. The number of aryl methyl sites for hydroxylation is 1. The Morgan fingerprint density at radius 2 is 1.92 bits per heavy atom. The Morgan fingerprint density at radius 3 is 2.69 bits per heavy atom. The van der Waals surface area contributed by atoms with Crippen molar-refractivity contribution in [3.8, 4) is 0 Å². The molecule has 1 saturated heterocycles. The smallest absolute Gasteiger partial charge is 0.0446 e. The van der Waals surface area contributed by atoms with Crippen LogP contribution in [0.4, 0.5) is 0 Å². The predicted molar refractivity (Wildman–Crippen MR) is 111 cm³/mol. The Labute approximate surface area is 162 Å². The number of benzene rings is 2. The van der Waals surface area contributed by atoms with E-state index >= 15 is 0 Å². The van der Waals surface area contributed by atoms with Crippen molar-refractivity contribution in [2.75, 3.05) is 32.5 Å². The molecule has 1 atom stereocenters. The highest BCUT2D eigenvalue weighted by molar-refractivity contribution is 7.98. The molecule has 2 aromatic rings. The fraction of sp³-hybridized carbons (Fsp3) is 0.455. The van der Waals surface area contributed by atoms with Crippen LogP contribution in [0, 0.1) is 6.92 Å². The highest BCUT2D eigenvalue weighted by atomic mass is 32.2. The average molecular weight is 371 g/mol. The molecule has 3 rings (SSSR count). The maximum atomic E-state index is 9.55. The minimum absolute atomic E-state index is 0.255. The van der Waals surface area contributed by atoms with Gasteiger partial charge in [0.05, 0.1) is 0 Å². The lowest BCUT2D eigenvalue weighted by atomic mass is 10.0. The van der Waals surface area contributed by atoms with Crippen LogP contribution in [-0.4, -0.2) is 53.4 Å².